The molecule has 1 rings (SSSR count). The Kier molecular flexibility index (Phi) is 12.5. The van der Waals surface area contributed by atoms with Gasteiger partial charge in [0.05, 0.1) is 6.04 Å². The third-order valence-electron chi connectivity index (χ3n) is 3.64. The highest BCUT2D eigenvalue weighted by Crippen LogP contribution is 2.13. The molecule has 1 amide bonds. The van der Waals surface area contributed by atoms with Crippen LogP contribution in [0.4, 0.5) is 13.2 Å². The molecule has 184 valence electrons. The van der Waals surface area contributed by atoms with Gasteiger partial charge >= 0.3 is 18.1 Å². The van der Waals surface area contributed by atoms with Gasteiger partial charge in [-0.1, -0.05) is 35.8 Å². The molecule has 8 N–H and O–H groups in total. The van der Waals surface area contributed by atoms with Gasteiger partial charge in [-0.2, -0.15) is 13.2 Å². The van der Waals surface area contributed by atoms with Gasteiger partial charge in [0.1, 0.15) is 6.04 Å². The topological polar surface area (TPSA) is 223 Å². The molecule has 2 atom stereocenters. The van der Waals surface area contributed by atoms with E-state index in [9.17, 15) is 38.0 Å². The van der Waals surface area contributed by atoms with Crippen molar-refractivity contribution in [1.29, 1.82) is 0 Å². The summed E-state index contributed by atoms with van der Waals surface area (Å²) in [5, 5.41) is 28.1. The monoisotopic (exact) mass is 480 g/mol. The van der Waals surface area contributed by atoms with Gasteiger partial charge in [-0.05, 0) is 18.4 Å². The second-order valence-corrected chi connectivity index (χ2v) is 6.28. The van der Waals surface area contributed by atoms with Gasteiger partial charge in [0.2, 0.25) is 5.91 Å². The van der Waals surface area contributed by atoms with Crippen LogP contribution in [0.25, 0.3) is 0 Å². The molecular formula is C17H23F3N6O7. The van der Waals surface area contributed by atoms with E-state index >= 15 is 0 Å². The van der Waals surface area contributed by atoms with Crippen molar-refractivity contribution in [2.75, 3.05) is 6.54 Å². The van der Waals surface area contributed by atoms with Crippen molar-refractivity contribution in [2.45, 2.75) is 37.5 Å². The van der Waals surface area contributed by atoms with Crippen molar-refractivity contribution >= 4 is 23.8 Å². The van der Waals surface area contributed by atoms with Gasteiger partial charge in [0.15, 0.2) is 5.03 Å². The molecule has 0 aromatic heterocycles. The summed E-state index contributed by atoms with van der Waals surface area (Å²) < 4.78 is 31.7. The highest BCUT2D eigenvalue weighted by Gasteiger charge is 2.38. The van der Waals surface area contributed by atoms with Gasteiger partial charge in [-0.25, -0.2) is 24.7 Å². The molecule has 0 spiro atoms. The van der Waals surface area contributed by atoms with Gasteiger partial charge < -0.3 is 27.0 Å². The summed E-state index contributed by atoms with van der Waals surface area (Å²) in [5.74, 6) is -4.85. The zero-order valence-corrected chi connectivity index (χ0v) is 17.0. The average molecular weight is 480 g/mol. The number of aliphatic carboxylic acids is 2. The summed E-state index contributed by atoms with van der Waals surface area (Å²) in [5.41, 5.74) is 13.5. The molecule has 1 aromatic carbocycles. The molecule has 0 unspecified atom stereocenters. The Balaban J connectivity index is 0.00000126. The number of carboxylic acids is 2. The number of halogens is 3. The Hall–Kier alpha value is -3.95. The Morgan fingerprint density at radius 2 is 1.73 bits per heavy atom. The Bertz CT molecular complexity index is 836. The average Bonchev–Trinajstić information content (AvgIpc) is 2.70. The number of guanidine groups is 1. The van der Waals surface area contributed by atoms with Crippen molar-refractivity contribution in [3.05, 3.63) is 46.0 Å². The van der Waals surface area contributed by atoms with Crippen LogP contribution in [0.2, 0.25) is 0 Å². The number of benzene rings is 1. The summed E-state index contributed by atoms with van der Waals surface area (Å²) in [6.07, 6.45) is -4.37. The number of nitro groups is 1. The van der Waals surface area contributed by atoms with E-state index in [4.69, 9.17) is 21.4 Å². The molecule has 13 nitrogen and oxygen atoms in total. The third kappa shape index (κ3) is 13.9. The van der Waals surface area contributed by atoms with Gasteiger partial charge in [-0.15, -0.1) is 0 Å². The van der Waals surface area contributed by atoms with Crippen LogP contribution in [-0.4, -0.2) is 63.9 Å². The first-order valence-electron chi connectivity index (χ1n) is 9.07. The van der Waals surface area contributed by atoms with Crippen LogP contribution in [0.5, 0.6) is 0 Å². The summed E-state index contributed by atoms with van der Waals surface area (Å²) >= 11 is 0. The van der Waals surface area contributed by atoms with Crippen molar-refractivity contribution in [2.24, 2.45) is 16.5 Å². The second kappa shape index (κ2) is 14.2. The lowest BCUT2D eigenvalue weighted by Crippen LogP contribution is -2.49. The fourth-order valence-electron chi connectivity index (χ4n) is 2.10. The number of rotatable bonds is 10. The van der Waals surface area contributed by atoms with Gasteiger partial charge in [0, 0.05) is 13.0 Å². The van der Waals surface area contributed by atoms with Crippen LogP contribution >= 0.6 is 0 Å². The number of alkyl halides is 3. The zero-order valence-electron chi connectivity index (χ0n) is 17.0. The molecule has 0 saturated heterocycles. The van der Waals surface area contributed by atoms with Crippen molar-refractivity contribution < 1.29 is 42.8 Å². The van der Waals surface area contributed by atoms with Crippen molar-refractivity contribution in [3.63, 3.8) is 0 Å². The van der Waals surface area contributed by atoms with E-state index in [0.29, 0.717) is 6.42 Å². The number of nitrogens with one attached hydrogen (secondary N) is 2. The van der Waals surface area contributed by atoms with E-state index in [1.54, 1.807) is 29.7 Å². The minimum Gasteiger partial charge on any atom is -0.480 e. The smallest absolute Gasteiger partial charge is 0.480 e. The van der Waals surface area contributed by atoms with Crippen molar-refractivity contribution in [1.82, 2.24) is 10.7 Å². The Morgan fingerprint density at radius 3 is 2.18 bits per heavy atom. The lowest BCUT2D eigenvalue weighted by atomic mass is 10.0. The van der Waals surface area contributed by atoms with Crippen LogP contribution in [0, 0.1) is 10.1 Å². The predicted octanol–water partition coefficient (Wildman–Crippen LogP) is -0.365. The van der Waals surface area contributed by atoms with Crippen LogP contribution in [0.1, 0.15) is 18.4 Å². The van der Waals surface area contributed by atoms with E-state index in [-0.39, 0.29) is 25.3 Å². The fraction of sp³-hybridized carbons (Fsp3) is 0.412. The minimum atomic E-state index is -5.08. The normalized spacial score (nSPS) is 13.0. The zero-order chi connectivity index (χ0) is 25.6. The second-order valence-electron chi connectivity index (χ2n) is 6.28. The molecule has 0 fully saturated rings. The molecule has 0 bridgehead atoms. The van der Waals surface area contributed by atoms with E-state index < -0.39 is 41.1 Å². The SMILES string of the molecule is NC(=NCCC[C@H](N)C(=O)N[C@@H](Cc1ccccc1)C(=O)O)N[N+](=O)[O-].O=C(O)C(F)(F)F. The molecule has 0 heterocycles. The number of hydrogen-bond donors (Lipinski definition) is 6. The number of nitrogens with zero attached hydrogens (tertiary/aromatic N) is 2. The molecule has 0 radical (unpaired) electrons. The number of hydrazine groups is 1. The molecule has 1 aromatic rings. The van der Waals surface area contributed by atoms with E-state index in [1.165, 1.54) is 0 Å². The molecule has 0 aliphatic rings. The largest absolute Gasteiger partial charge is 0.490 e. The lowest BCUT2D eigenvalue weighted by molar-refractivity contribution is -0.525. The summed E-state index contributed by atoms with van der Waals surface area (Å²) in [6, 6.07) is 6.89. The van der Waals surface area contributed by atoms with Crippen LogP contribution < -0.4 is 22.2 Å². The van der Waals surface area contributed by atoms with E-state index in [0.717, 1.165) is 5.56 Å². The van der Waals surface area contributed by atoms with Crippen LogP contribution in [0.15, 0.2) is 35.3 Å². The maximum atomic E-state index is 12.1. The molecule has 0 aliphatic heterocycles. The minimum absolute atomic E-state index is 0.139. The first-order chi connectivity index (χ1) is 15.2. The maximum absolute atomic E-state index is 12.1. The number of carbonyl (C=O) groups is 3. The summed E-state index contributed by atoms with van der Waals surface area (Å²) in [6.45, 7) is 0.139. The summed E-state index contributed by atoms with van der Waals surface area (Å²) in [4.78, 5) is 46.1. The molecule has 0 aliphatic carbocycles. The van der Waals surface area contributed by atoms with Crippen molar-refractivity contribution in [3.8, 4) is 0 Å². The third-order valence-corrected chi connectivity index (χ3v) is 3.64. The number of hydrogen-bond acceptors (Lipinski definition) is 7. The molecule has 16 heteroatoms. The fourth-order valence-corrected chi connectivity index (χ4v) is 2.10. The number of amides is 1. The van der Waals surface area contributed by atoms with Gasteiger partial charge in [0.25, 0.3) is 5.96 Å². The first-order valence-corrected chi connectivity index (χ1v) is 9.07. The predicted molar refractivity (Wildman–Crippen MR) is 107 cm³/mol. The standard InChI is InChI=1S/C15H22N6O5.C2HF3O2/c16-11(7-4-8-18-15(17)20-21(25)26)13(22)19-12(14(23)24)9-10-5-2-1-3-6-10;3-2(4,5)1(6)7/h1-3,5-6,11-12H,4,7-9,16H2,(H,19,22)(H,23,24)(H3,17,18,20);(H,6,7)/t11-,12-;/m0./s1. The molecular weight excluding hydrogens is 457 g/mol. The Labute approximate surface area is 184 Å². The highest BCUT2D eigenvalue weighted by atomic mass is 19.4. The van der Waals surface area contributed by atoms with E-state index in [2.05, 4.69) is 10.3 Å². The Morgan fingerprint density at radius 1 is 1.18 bits per heavy atom. The van der Waals surface area contributed by atoms with E-state index in [1.807, 2.05) is 6.07 Å². The number of nitrogens with two attached hydrogens (primary N) is 2. The maximum Gasteiger partial charge on any atom is 0.490 e. The highest BCUT2D eigenvalue weighted by molar-refractivity contribution is 5.86. The molecule has 33 heavy (non-hydrogen) atoms. The summed E-state index contributed by atoms with van der Waals surface area (Å²) in [7, 11) is 0. The first kappa shape index (κ1) is 29.1. The number of carboxylic acid groups (broad SMARTS) is 2. The molecule has 0 saturated carbocycles. The van der Waals surface area contributed by atoms with Crippen LogP contribution in [-0.2, 0) is 20.8 Å². The lowest BCUT2D eigenvalue weighted by Gasteiger charge is -2.17. The number of carbonyl (C=O) groups excluding carboxylic acids is 1. The number of aliphatic imine (C=N–C) groups is 1. The van der Waals surface area contributed by atoms with Gasteiger partial charge in [-0.3, -0.25) is 4.79 Å². The quantitative estimate of drug-likeness (QED) is 0.0838. The van der Waals surface area contributed by atoms with Crippen LogP contribution in [0.3, 0.4) is 0 Å².